The Morgan fingerprint density at radius 1 is 1.16 bits per heavy atom. The summed E-state index contributed by atoms with van der Waals surface area (Å²) in [5.41, 5.74) is 5.45. The highest BCUT2D eigenvalue weighted by atomic mass is 35.5. The van der Waals surface area contributed by atoms with Crippen LogP contribution >= 0.6 is 12.4 Å². The third-order valence-corrected chi connectivity index (χ3v) is 4.18. The molecule has 3 nitrogen and oxygen atoms in total. The Bertz CT molecular complexity index is 238. The fourth-order valence-electron chi connectivity index (χ4n) is 2.75. The van der Waals surface area contributed by atoms with E-state index in [-0.39, 0.29) is 12.4 Å². The molecule has 0 bridgehead atoms. The smallest absolute Gasteiger partial charge is 0.222 e. The van der Waals surface area contributed by atoms with Crippen LogP contribution < -0.4 is 5.73 Å². The lowest BCUT2D eigenvalue weighted by atomic mass is 9.86. The predicted molar refractivity (Wildman–Crippen MR) is 83.5 cm³/mol. The molecule has 1 fully saturated rings. The van der Waals surface area contributed by atoms with Gasteiger partial charge in [-0.05, 0) is 44.1 Å². The number of rotatable bonds is 7. The number of hydrogen-bond acceptors (Lipinski definition) is 2. The van der Waals surface area contributed by atoms with Gasteiger partial charge in [-0.25, -0.2) is 0 Å². The maximum Gasteiger partial charge on any atom is 0.222 e. The summed E-state index contributed by atoms with van der Waals surface area (Å²) in [4.78, 5) is 14.1. The molecule has 0 atom stereocenters. The maximum atomic E-state index is 12.0. The van der Waals surface area contributed by atoms with E-state index in [2.05, 4.69) is 18.7 Å². The zero-order valence-corrected chi connectivity index (χ0v) is 13.4. The van der Waals surface area contributed by atoms with Crippen molar-refractivity contribution < 1.29 is 4.79 Å². The van der Waals surface area contributed by atoms with Crippen LogP contribution in [-0.4, -0.2) is 30.4 Å². The normalized spacial score (nSPS) is 16.5. The van der Waals surface area contributed by atoms with Gasteiger partial charge in [0.1, 0.15) is 0 Å². The third kappa shape index (κ3) is 7.17. The number of unbranched alkanes of at least 4 members (excludes halogenated alkanes) is 3. The molecule has 1 aliphatic heterocycles. The van der Waals surface area contributed by atoms with Crippen LogP contribution in [0.1, 0.15) is 58.8 Å². The molecule has 2 N–H and O–H groups in total. The molecule has 0 aliphatic carbocycles. The molecule has 0 unspecified atom stereocenters. The zero-order valence-electron chi connectivity index (χ0n) is 12.6. The van der Waals surface area contributed by atoms with Crippen LogP contribution in [0.4, 0.5) is 0 Å². The molecule has 4 heteroatoms. The number of hydrogen-bond donors (Lipinski definition) is 1. The first-order valence-corrected chi connectivity index (χ1v) is 7.63. The highest BCUT2D eigenvalue weighted by molar-refractivity contribution is 5.85. The molecular weight excluding hydrogens is 260 g/mol. The number of carbonyl (C=O) groups is 1. The Labute approximate surface area is 124 Å². The number of nitrogens with two attached hydrogens (primary N) is 1. The van der Waals surface area contributed by atoms with Crippen molar-refractivity contribution in [1.29, 1.82) is 0 Å². The van der Waals surface area contributed by atoms with Gasteiger partial charge in [0, 0.05) is 19.5 Å². The zero-order chi connectivity index (χ0) is 13.4. The van der Waals surface area contributed by atoms with Crippen molar-refractivity contribution in [1.82, 2.24) is 4.90 Å². The van der Waals surface area contributed by atoms with E-state index in [1.165, 1.54) is 19.3 Å². The predicted octanol–water partition coefficient (Wildman–Crippen LogP) is 3.21. The molecule has 0 saturated carbocycles. The Kier molecular flexibility index (Phi) is 10.3. The van der Waals surface area contributed by atoms with Gasteiger partial charge in [0.2, 0.25) is 5.91 Å². The minimum atomic E-state index is 0. The largest absolute Gasteiger partial charge is 0.343 e. The van der Waals surface area contributed by atoms with Crippen molar-refractivity contribution in [3.63, 3.8) is 0 Å². The lowest BCUT2D eigenvalue weighted by molar-refractivity contribution is -0.132. The van der Waals surface area contributed by atoms with Crippen molar-refractivity contribution in [3.8, 4) is 0 Å². The van der Waals surface area contributed by atoms with Gasteiger partial charge in [-0.15, -0.1) is 12.4 Å². The average molecular weight is 291 g/mol. The van der Waals surface area contributed by atoms with Gasteiger partial charge in [0.05, 0.1) is 0 Å². The topological polar surface area (TPSA) is 46.3 Å². The van der Waals surface area contributed by atoms with Crippen molar-refractivity contribution in [2.45, 2.75) is 58.8 Å². The van der Waals surface area contributed by atoms with E-state index in [9.17, 15) is 4.79 Å². The molecule has 1 amide bonds. The number of amides is 1. The molecule has 114 valence electrons. The van der Waals surface area contributed by atoms with Gasteiger partial charge in [-0.2, -0.15) is 0 Å². The van der Waals surface area contributed by atoms with E-state index in [1.54, 1.807) is 0 Å². The average Bonchev–Trinajstić information content (AvgIpc) is 2.38. The van der Waals surface area contributed by atoms with Crippen molar-refractivity contribution in [2.24, 2.45) is 17.6 Å². The second-order valence-corrected chi connectivity index (χ2v) is 5.92. The van der Waals surface area contributed by atoms with E-state index < -0.39 is 0 Å². The minimum Gasteiger partial charge on any atom is -0.343 e. The highest BCUT2D eigenvalue weighted by Gasteiger charge is 2.23. The molecule has 0 radical (unpaired) electrons. The van der Waals surface area contributed by atoms with Gasteiger partial charge in [0.15, 0.2) is 0 Å². The Balaban J connectivity index is 0.00000324. The van der Waals surface area contributed by atoms with Crippen LogP contribution in [0, 0.1) is 11.8 Å². The number of nitrogens with zero attached hydrogens (tertiary/aromatic N) is 1. The van der Waals surface area contributed by atoms with Gasteiger partial charge < -0.3 is 10.6 Å². The fraction of sp³-hybridized carbons (Fsp3) is 0.933. The summed E-state index contributed by atoms with van der Waals surface area (Å²) in [6, 6.07) is 0. The number of carbonyl (C=O) groups excluding carboxylic acids is 1. The summed E-state index contributed by atoms with van der Waals surface area (Å²) in [6.07, 6.45) is 7.55. The van der Waals surface area contributed by atoms with E-state index in [1.807, 2.05) is 0 Å². The summed E-state index contributed by atoms with van der Waals surface area (Å²) >= 11 is 0. The molecule has 1 aliphatic rings. The molecule has 1 saturated heterocycles. The van der Waals surface area contributed by atoms with Gasteiger partial charge >= 0.3 is 0 Å². The monoisotopic (exact) mass is 290 g/mol. The van der Waals surface area contributed by atoms with Crippen LogP contribution in [0.15, 0.2) is 0 Å². The molecule has 0 aromatic carbocycles. The van der Waals surface area contributed by atoms with Crippen LogP contribution in [0.3, 0.4) is 0 Å². The lowest BCUT2D eigenvalue weighted by Crippen LogP contribution is -2.39. The van der Waals surface area contributed by atoms with Gasteiger partial charge in [-0.3, -0.25) is 4.79 Å². The Hall–Kier alpha value is -0.280. The molecule has 19 heavy (non-hydrogen) atoms. The van der Waals surface area contributed by atoms with Crippen molar-refractivity contribution >= 4 is 18.3 Å². The first-order chi connectivity index (χ1) is 8.65. The molecule has 0 spiro atoms. The first kappa shape index (κ1) is 18.7. The molecular formula is C15H31ClN2O. The fourth-order valence-corrected chi connectivity index (χ4v) is 2.75. The summed E-state index contributed by atoms with van der Waals surface area (Å²) in [5, 5.41) is 0. The SMILES string of the molecule is CC(C)C1CCN(C(=O)CCCCCCN)CC1.Cl. The summed E-state index contributed by atoms with van der Waals surface area (Å²) in [5.74, 6) is 1.95. The first-order valence-electron chi connectivity index (χ1n) is 7.63. The van der Waals surface area contributed by atoms with Gasteiger partial charge in [0.25, 0.3) is 0 Å². The summed E-state index contributed by atoms with van der Waals surface area (Å²) < 4.78 is 0. The van der Waals surface area contributed by atoms with Crippen LogP contribution in [0.25, 0.3) is 0 Å². The molecule has 0 aromatic heterocycles. The molecule has 0 aromatic rings. The standard InChI is InChI=1S/C15H30N2O.ClH/c1-13(2)14-8-11-17(12-9-14)15(18)7-5-3-4-6-10-16;/h13-14H,3-12,16H2,1-2H3;1H. The van der Waals surface area contributed by atoms with Gasteiger partial charge in [-0.1, -0.05) is 26.7 Å². The molecule has 1 rings (SSSR count). The van der Waals surface area contributed by atoms with Crippen LogP contribution in [0.5, 0.6) is 0 Å². The second kappa shape index (κ2) is 10.5. The quantitative estimate of drug-likeness (QED) is 0.732. The summed E-state index contributed by atoms with van der Waals surface area (Å²) in [7, 11) is 0. The maximum absolute atomic E-state index is 12.0. The summed E-state index contributed by atoms with van der Waals surface area (Å²) in [6.45, 7) is 7.31. The van der Waals surface area contributed by atoms with E-state index in [0.29, 0.717) is 5.91 Å². The number of halogens is 1. The van der Waals surface area contributed by atoms with E-state index >= 15 is 0 Å². The van der Waals surface area contributed by atoms with Crippen molar-refractivity contribution in [3.05, 3.63) is 0 Å². The highest BCUT2D eigenvalue weighted by Crippen LogP contribution is 2.24. The third-order valence-electron chi connectivity index (χ3n) is 4.18. The Morgan fingerprint density at radius 3 is 2.26 bits per heavy atom. The van der Waals surface area contributed by atoms with Crippen molar-refractivity contribution in [2.75, 3.05) is 19.6 Å². The molecule has 1 heterocycles. The number of piperidine rings is 1. The Morgan fingerprint density at radius 2 is 1.74 bits per heavy atom. The van der Waals surface area contributed by atoms with Crippen LogP contribution in [0.2, 0.25) is 0 Å². The lowest BCUT2D eigenvalue weighted by Gasteiger charge is -2.34. The van der Waals surface area contributed by atoms with Crippen LogP contribution in [-0.2, 0) is 4.79 Å². The van der Waals surface area contributed by atoms with E-state index in [4.69, 9.17) is 5.73 Å². The second-order valence-electron chi connectivity index (χ2n) is 5.92. The minimum absolute atomic E-state index is 0. The van der Waals surface area contributed by atoms with E-state index in [0.717, 1.165) is 57.2 Å². The number of likely N-dealkylation sites (tertiary alicyclic amines) is 1.